The van der Waals surface area contributed by atoms with Gasteiger partial charge in [-0.15, -0.1) is 0 Å². The van der Waals surface area contributed by atoms with Crippen molar-refractivity contribution in [3.63, 3.8) is 0 Å². The molecule has 0 bridgehead atoms. The van der Waals surface area contributed by atoms with E-state index in [-0.39, 0.29) is 0 Å². The molecule has 0 heterocycles. The summed E-state index contributed by atoms with van der Waals surface area (Å²) in [6, 6.07) is 7.16. The Labute approximate surface area is 70.0 Å². The summed E-state index contributed by atoms with van der Waals surface area (Å²) in [6.45, 7) is 0.313. The monoisotopic (exact) mass is 167 g/mol. The van der Waals surface area contributed by atoms with Crippen LogP contribution in [0.2, 0.25) is 5.02 Å². The summed E-state index contributed by atoms with van der Waals surface area (Å²) in [7, 11) is 0. The molecule has 0 saturated carbocycles. The van der Waals surface area contributed by atoms with Gasteiger partial charge in [-0.05, 0) is 17.7 Å². The summed E-state index contributed by atoms with van der Waals surface area (Å²) in [6.07, 6.45) is 1.60. The van der Waals surface area contributed by atoms with E-state index < -0.39 is 0 Å². The largest absolute Gasteiger partial charge is 0.423 e. The SMILES string of the molecule is N#COCc1ccc(Cl)cc1. The first kappa shape index (κ1) is 7.90. The van der Waals surface area contributed by atoms with E-state index in [2.05, 4.69) is 4.74 Å². The van der Waals surface area contributed by atoms with E-state index in [9.17, 15) is 0 Å². The van der Waals surface area contributed by atoms with Crippen LogP contribution in [0.25, 0.3) is 0 Å². The molecule has 0 N–H and O–H groups in total. The Morgan fingerprint density at radius 3 is 2.55 bits per heavy atom. The molecule has 0 amide bonds. The van der Waals surface area contributed by atoms with Crippen molar-refractivity contribution in [1.29, 1.82) is 5.26 Å². The minimum absolute atomic E-state index is 0.313. The molecule has 1 aromatic rings. The predicted octanol–water partition coefficient (Wildman–Crippen LogP) is 2.34. The topological polar surface area (TPSA) is 33.0 Å². The van der Waals surface area contributed by atoms with Crippen LogP contribution in [0.5, 0.6) is 0 Å². The van der Waals surface area contributed by atoms with Crippen molar-refractivity contribution in [2.24, 2.45) is 0 Å². The zero-order chi connectivity index (χ0) is 8.10. The molecule has 0 aliphatic heterocycles. The summed E-state index contributed by atoms with van der Waals surface area (Å²) in [5.41, 5.74) is 0.941. The molecule has 0 spiro atoms. The number of hydrogen-bond acceptors (Lipinski definition) is 2. The molecule has 2 nitrogen and oxygen atoms in total. The Bertz CT molecular complexity index is 262. The fraction of sp³-hybridized carbons (Fsp3) is 0.125. The molecule has 11 heavy (non-hydrogen) atoms. The van der Waals surface area contributed by atoms with Crippen molar-refractivity contribution in [2.75, 3.05) is 0 Å². The molecule has 0 unspecified atom stereocenters. The fourth-order valence-electron chi connectivity index (χ4n) is 0.696. The third kappa shape index (κ3) is 2.48. The van der Waals surface area contributed by atoms with Gasteiger partial charge in [-0.1, -0.05) is 23.7 Å². The Balaban J connectivity index is 2.60. The van der Waals surface area contributed by atoms with E-state index in [1.54, 1.807) is 18.4 Å². The highest BCUT2D eigenvalue weighted by atomic mass is 35.5. The van der Waals surface area contributed by atoms with Gasteiger partial charge in [0.05, 0.1) is 0 Å². The minimum atomic E-state index is 0.313. The second-order valence-corrected chi connectivity index (χ2v) is 2.44. The lowest BCUT2D eigenvalue weighted by atomic mass is 10.2. The maximum absolute atomic E-state index is 8.08. The number of rotatable bonds is 2. The quantitative estimate of drug-likeness (QED) is 0.634. The van der Waals surface area contributed by atoms with E-state index >= 15 is 0 Å². The highest BCUT2D eigenvalue weighted by Gasteiger charge is 1.91. The van der Waals surface area contributed by atoms with Crippen LogP contribution in [0, 0.1) is 11.5 Å². The van der Waals surface area contributed by atoms with Gasteiger partial charge in [-0.2, -0.15) is 5.26 Å². The molecule has 0 aliphatic carbocycles. The molecule has 1 rings (SSSR count). The lowest BCUT2D eigenvalue weighted by molar-refractivity contribution is 0.257. The molecule has 56 valence electrons. The maximum Gasteiger partial charge on any atom is 0.286 e. The molecule has 3 heteroatoms. The maximum atomic E-state index is 8.08. The van der Waals surface area contributed by atoms with E-state index in [1.165, 1.54) is 0 Å². The van der Waals surface area contributed by atoms with Crippen LogP contribution >= 0.6 is 11.6 Å². The summed E-state index contributed by atoms with van der Waals surface area (Å²) in [5, 5.41) is 8.77. The van der Waals surface area contributed by atoms with Gasteiger partial charge in [-0.25, -0.2) is 0 Å². The van der Waals surface area contributed by atoms with E-state index in [4.69, 9.17) is 16.9 Å². The van der Waals surface area contributed by atoms with Crippen molar-refractivity contribution < 1.29 is 4.74 Å². The van der Waals surface area contributed by atoms with Gasteiger partial charge in [0.2, 0.25) is 0 Å². The van der Waals surface area contributed by atoms with Crippen LogP contribution in [0.3, 0.4) is 0 Å². The molecule has 0 fully saturated rings. The van der Waals surface area contributed by atoms with Gasteiger partial charge >= 0.3 is 0 Å². The van der Waals surface area contributed by atoms with E-state index in [1.807, 2.05) is 12.1 Å². The normalized spacial score (nSPS) is 8.73. The number of nitrogens with zero attached hydrogens (tertiary/aromatic N) is 1. The first-order chi connectivity index (χ1) is 5.33. The van der Waals surface area contributed by atoms with Crippen LogP contribution < -0.4 is 0 Å². The lowest BCUT2D eigenvalue weighted by Crippen LogP contribution is -1.84. The van der Waals surface area contributed by atoms with E-state index in [0.717, 1.165) is 5.56 Å². The first-order valence-electron chi connectivity index (χ1n) is 3.08. The third-order valence-corrected chi connectivity index (χ3v) is 1.47. The van der Waals surface area contributed by atoms with Crippen molar-refractivity contribution in [1.82, 2.24) is 0 Å². The number of ether oxygens (including phenoxy) is 1. The van der Waals surface area contributed by atoms with Crippen molar-refractivity contribution in [3.8, 4) is 6.26 Å². The minimum Gasteiger partial charge on any atom is -0.423 e. The summed E-state index contributed by atoms with van der Waals surface area (Å²) in [4.78, 5) is 0. The van der Waals surface area contributed by atoms with Crippen LogP contribution in [-0.4, -0.2) is 0 Å². The van der Waals surface area contributed by atoms with Gasteiger partial charge in [-0.3, -0.25) is 0 Å². The molecule has 0 aromatic heterocycles. The summed E-state index contributed by atoms with van der Waals surface area (Å²) >= 11 is 5.64. The van der Waals surface area contributed by atoms with Crippen LogP contribution in [-0.2, 0) is 11.3 Å². The molecule has 0 saturated heterocycles. The predicted molar refractivity (Wildman–Crippen MR) is 41.9 cm³/mol. The van der Waals surface area contributed by atoms with Crippen molar-refractivity contribution in [3.05, 3.63) is 34.9 Å². The molecule has 1 aromatic carbocycles. The standard InChI is InChI=1S/C8H6ClNO/c9-8-3-1-7(2-4-8)5-11-6-10/h1-4H,5H2. The third-order valence-electron chi connectivity index (χ3n) is 1.22. The Hall–Kier alpha value is -1.20. The molecular formula is C8H6ClNO. The van der Waals surface area contributed by atoms with Crippen LogP contribution in [0.4, 0.5) is 0 Å². The molecular weight excluding hydrogens is 162 g/mol. The number of halogens is 1. The Kier molecular flexibility index (Phi) is 2.76. The summed E-state index contributed by atoms with van der Waals surface area (Å²) in [5.74, 6) is 0. The van der Waals surface area contributed by atoms with Gasteiger partial charge in [0.25, 0.3) is 6.26 Å². The summed E-state index contributed by atoms with van der Waals surface area (Å²) < 4.78 is 4.52. The highest BCUT2D eigenvalue weighted by Crippen LogP contribution is 2.09. The molecule has 0 aliphatic rings. The molecule has 0 radical (unpaired) electrons. The van der Waals surface area contributed by atoms with Gasteiger partial charge in [0.15, 0.2) is 0 Å². The number of hydrogen-bond donors (Lipinski definition) is 0. The van der Waals surface area contributed by atoms with Crippen molar-refractivity contribution >= 4 is 11.6 Å². The lowest BCUT2D eigenvalue weighted by Gasteiger charge is -1.96. The van der Waals surface area contributed by atoms with Crippen LogP contribution in [0.1, 0.15) is 5.56 Å². The first-order valence-corrected chi connectivity index (χ1v) is 3.46. The Morgan fingerprint density at radius 1 is 1.36 bits per heavy atom. The van der Waals surface area contributed by atoms with Gasteiger partial charge in [0, 0.05) is 5.02 Å². The average Bonchev–Trinajstić information content (AvgIpc) is 2.04. The van der Waals surface area contributed by atoms with Crippen molar-refractivity contribution in [2.45, 2.75) is 6.61 Å². The van der Waals surface area contributed by atoms with Gasteiger partial charge in [0.1, 0.15) is 6.61 Å². The number of nitriles is 1. The zero-order valence-electron chi connectivity index (χ0n) is 5.75. The highest BCUT2D eigenvalue weighted by molar-refractivity contribution is 6.30. The molecule has 0 atom stereocenters. The van der Waals surface area contributed by atoms with Gasteiger partial charge < -0.3 is 4.74 Å². The van der Waals surface area contributed by atoms with E-state index in [0.29, 0.717) is 11.6 Å². The smallest absolute Gasteiger partial charge is 0.286 e. The Morgan fingerprint density at radius 2 is 2.00 bits per heavy atom. The number of benzene rings is 1. The van der Waals surface area contributed by atoms with Crippen LogP contribution in [0.15, 0.2) is 24.3 Å². The average molecular weight is 168 g/mol. The second kappa shape index (κ2) is 3.85. The second-order valence-electron chi connectivity index (χ2n) is 2.01. The zero-order valence-corrected chi connectivity index (χ0v) is 6.51. The fourth-order valence-corrected chi connectivity index (χ4v) is 0.822.